The summed E-state index contributed by atoms with van der Waals surface area (Å²) in [6.07, 6.45) is -3.01. The lowest BCUT2D eigenvalue weighted by molar-refractivity contribution is -0.142. The van der Waals surface area contributed by atoms with Crippen LogP contribution in [0.25, 0.3) is 0 Å². The van der Waals surface area contributed by atoms with E-state index in [1.54, 1.807) is 30.7 Å². The third kappa shape index (κ3) is 5.13. The van der Waals surface area contributed by atoms with Gasteiger partial charge in [0.05, 0.1) is 40.3 Å². The summed E-state index contributed by atoms with van der Waals surface area (Å²) in [5, 5.41) is 11.0. The molecule has 0 radical (unpaired) electrons. The van der Waals surface area contributed by atoms with Gasteiger partial charge in [0.1, 0.15) is 5.82 Å². The van der Waals surface area contributed by atoms with Gasteiger partial charge < -0.3 is 5.32 Å². The molecular weight excluding hydrogens is 506 g/mol. The smallest absolute Gasteiger partial charge is 0.323 e. The maximum absolute atomic E-state index is 13.5. The first-order chi connectivity index (χ1) is 15.5. The minimum absolute atomic E-state index is 0.0246. The maximum Gasteiger partial charge on any atom is 0.436 e. The second kappa shape index (κ2) is 8.92. The monoisotopic (exact) mass is 527 g/mol. The number of alkyl halides is 3. The van der Waals surface area contributed by atoms with Gasteiger partial charge in [0.2, 0.25) is 5.91 Å². The van der Waals surface area contributed by atoms with Gasteiger partial charge in [0, 0.05) is 12.3 Å². The first kappa shape index (κ1) is 23.5. The van der Waals surface area contributed by atoms with Gasteiger partial charge in [-0.25, -0.2) is 4.39 Å². The van der Waals surface area contributed by atoms with Gasteiger partial charge in [-0.1, -0.05) is 12.1 Å². The van der Waals surface area contributed by atoms with Crippen LogP contribution in [0.2, 0.25) is 0 Å². The molecule has 0 bridgehead atoms. The first-order valence-corrected chi connectivity index (χ1v) is 11.3. The predicted octanol–water partition coefficient (Wildman–Crippen LogP) is 5.57. The Balaban J connectivity index is 1.45. The van der Waals surface area contributed by atoms with Crippen molar-refractivity contribution in [2.45, 2.75) is 58.3 Å². The average Bonchev–Trinajstić information content (AvgIpc) is 3.45. The molecule has 1 aliphatic rings. The first-order valence-electron chi connectivity index (χ1n) is 10.5. The number of halogens is 5. The van der Waals surface area contributed by atoms with Gasteiger partial charge in [0.15, 0.2) is 5.69 Å². The largest absolute Gasteiger partial charge is 0.436 e. The second-order valence-corrected chi connectivity index (χ2v) is 8.97. The molecule has 0 spiro atoms. The van der Waals surface area contributed by atoms with Crippen molar-refractivity contribution in [2.75, 3.05) is 5.32 Å². The number of carbonyl (C=O) groups is 1. The zero-order chi connectivity index (χ0) is 23.9. The van der Waals surface area contributed by atoms with Crippen LogP contribution in [0, 0.1) is 19.7 Å². The molecule has 1 aliphatic carbocycles. The Labute approximate surface area is 196 Å². The maximum atomic E-state index is 13.5. The molecule has 2 heterocycles. The molecule has 6 nitrogen and oxygen atoms in total. The fraction of sp³-hybridized carbons (Fsp3) is 0.409. The van der Waals surface area contributed by atoms with E-state index in [4.69, 9.17) is 0 Å². The Morgan fingerprint density at radius 1 is 1.21 bits per heavy atom. The lowest BCUT2D eigenvalue weighted by atomic mass is 10.2. The van der Waals surface area contributed by atoms with Crippen LogP contribution in [0.3, 0.4) is 0 Å². The summed E-state index contributed by atoms with van der Waals surface area (Å²) in [7, 11) is 0. The number of hydrogen-bond donors (Lipinski definition) is 1. The number of rotatable bonds is 7. The molecule has 1 saturated carbocycles. The zero-order valence-electron chi connectivity index (χ0n) is 18.0. The SMILES string of the molecule is Cc1nn(Cc2cccc(F)c2)c(C)c1NC(=O)CCn1nc(C(F)(F)F)c(Br)c1C1CC1. The fourth-order valence-corrected chi connectivity index (χ4v) is 4.63. The molecule has 2 aromatic heterocycles. The van der Waals surface area contributed by atoms with Crippen molar-refractivity contribution in [3.05, 3.63) is 62.9 Å². The third-order valence-corrected chi connectivity index (χ3v) is 6.36. The van der Waals surface area contributed by atoms with E-state index >= 15 is 0 Å². The van der Waals surface area contributed by atoms with Crippen LogP contribution in [0.4, 0.5) is 23.2 Å². The number of benzene rings is 1. The highest BCUT2D eigenvalue weighted by Crippen LogP contribution is 2.47. The number of nitrogens with one attached hydrogen (secondary N) is 1. The molecule has 1 aromatic carbocycles. The Morgan fingerprint density at radius 2 is 1.94 bits per heavy atom. The summed E-state index contributed by atoms with van der Waals surface area (Å²) >= 11 is 3.05. The molecule has 1 N–H and O–H groups in total. The zero-order valence-corrected chi connectivity index (χ0v) is 19.6. The van der Waals surface area contributed by atoms with Crippen molar-refractivity contribution < 1.29 is 22.4 Å². The second-order valence-electron chi connectivity index (χ2n) is 8.17. The van der Waals surface area contributed by atoms with Crippen molar-refractivity contribution in [3.63, 3.8) is 0 Å². The van der Waals surface area contributed by atoms with Crippen LogP contribution >= 0.6 is 15.9 Å². The molecule has 0 saturated heterocycles. The molecule has 0 aliphatic heterocycles. The van der Waals surface area contributed by atoms with Gasteiger partial charge in [-0.15, -0.1) is 0 Å². The Kier molecular flexibility index (Phi) is 6.35. The minimum atomic E-state index is -4.57. The number of anilines is 1. The van der Waals surface area contributed by atoms with Crippen LogP contribution in [0.15, 0.2) is 28.7 Å². The van der Waals surface area contributed by atoms with Crippen LogP contribution in [-0.2, 0) is 24.1 Å². The van der Waals surface area contributed by atoms with Gasteiger partial charge in [-0.2, -0.15) is 23.4 Å². The highest BCUT2D eigenvalue weighted by atomic mass is 79.9. The lowest BCUT2D eigenvalue weighted by Crippen LogP contribution is -2.17. The van der Waals surface area contributed by atoms with E-state index in [1.165, 1.54) is 16.8 Å². The van der Waals surface area contributed by atoms with Crippen molar-refractivity contribution in [1.82, 2.24) is 19.6 Å². The number of hydrogen-bond acceptors (Lipinski definition) is 3. The normalized spacial score (nSPS) is 14.0. The molecule has 4 rings (SSSR count). The van der Waals surface area contributed by atoms with Crippen molar-refractivity contribution in [3.8, 4) is 0 Å². The number of amides is 1. The summed E-state index contributed by atoms with van der Waals surface area (Å²) in [5.74, 6) is -0.669. The topological polar surface area (TPSA) is 64.7 Å². The lowest BCUT2D eigenvalue weighted by Gasteiger charge is -2.09. The summed E-state index contributed by atoms with van der Waals surface area (Å²) in [4.78, 5) is 12.6. The number of nitrogens with zero attached hydrogens (tertiary/aromatic N) is 4. The number of carbonyl (C=O) groups excluding carboxylic acids is 1. The summed E-state index contributed by atoms with van der Waals surface area (Å²) in [5.41, 5.74) is 2.09. The van der Waals surface area contributed by atoms with E-state index in [-0.39, 0.29) is 35.1 Å². The van der Waals surface area contributed by atoms with E-state index in [9.17, 15) is 22.4 Å². The highest BCUT2D eigenvalue weighted by molar-refractivity contribution is 9.10. The molecular formula is C22H22BrF4N5O. The van der Waals surface area contributed by atoms with E-state index in [0.29, 0.717) is 29.3 Å². The summed E-state index contributed by atoms with van der Waals surface area (Å²) < 4.78 is 56.2. The van der Waals surface area contributed by atoms with E-state index in [0.717, 1.165) is 18.4 Å². The van der Waals surface area contributed by atoms with E-state index < -0.39 is 11.9 Å². The molecule has 11 heteroatoms. The Morgan fingerprint density at radius 3 is 2.58 bits per heavy atom. The quantitative estimate of drug-likeness (QED) is 0.408. The Hall–Kier alpha value is -2.69. The van der Waals surface area contributed by atoms with Crippen molar-refractivity contribution >= 4 is 27.5 Å². The average molecular weight is 528 g/mol. The molecule has 1 fully saturated rings. The third-order valence-electron chi connectivity index (χ3n) is 5.58. The number of aromatic nitrogens is 4. The molecule has 176 valence electrons. The number of aryl methyl sites for hydroxylation is 2. The summed E-state index contributed by atoms with van der Waals surface area (Å²) in [6.45, 7) is 3.91. The van der Waals surface area contributed by atoms with Crippen LogP contribution < -0.4 is 5.32 Å². The molecule has 3 aromatic rings. The minimum Gasteiger partial charge on any atom is -0.323 e. The van der Waals surface area contributed by atoms with E-state index in [1.807, 2.05) is 0 Å². The fourth-order valence-electron chi connectivity index (χ4n) is 3.80. The van der Waals surface area contributed by atoms with Crippen LogP contribution in [-0.4, -0.2) is 25.5 Å². The van der Waals surface area contributed by atoms with Crippen molar-refractivity contribution in [2.24, 2.45) is 0 Å². The van der Waals surface area contributed by atoms with Crippen molar-refractivity contribution in [1.29, 1.82) is 0 Å². The molecule has 1 amide bonds. The predicted molar refractivity (Wildman–Crippen MR) is 117 cm³/mol. The van der Waals surface area contributed by atoms with Gasteiger partial charge in [0.25, 0.3) is 0 Å². The van der Waals surface area contributed by atoms with Gasteiger partial charge in [-0.05, 0) is 60.3 Å². The molecule has 0 atom stereocenters. The highest BCUT2D eigenvalue weighted by Gasteiger charge is 2.41. The van der Waals surface area contributed by atoms with E-state index in [2.05, 4.69) is 31.4 Å². The van der Waals surface area contributed by atoms with Gasteiger partial charge in [-0.3, -0.25) is 14.2 Å². The molecule has 33 heavy (non-hydrogen) atoms. The molecule has 0 unspecified atom stereocenters. The van der Waals surface area contributed by atoms with Gasteiger partial charge >= 0.3 is 6.18 Å². The van der Waals surface area contributed by atoms with Crippen LogP contribution in [0.5, 0.6) is 0 Å². The Bertz CT molecular complexity index is 1200. The van der Waals surface area contributed by atoms with Crippen LogP contribution in [0.1, 0.15) is 53.5 Å². The summed E-state index contributed by atoms with van der Waals surface area (Å²) in [6, 6.07) is 6.18. The standard InChI is InChI=1S/C22H22BrF4N5O/c1-12-19(13(2)32(29-12)11-14-4-3-5-16(24)10-14)28-17(33)8-9-31-20(15-6-7-15)18(23)21(30-31)22(25,26)27/h3-5,10,15H,6-9,11H2,1-2H3,(H,28,33).